The van der Waals surface area contributed by atoms with Crippen molar-refractivity contribution in [3.05, 3.63) is 63.0 Å². The first-order valence-corrected chi connectivity index (χ1v) is 9.92. The topological polar surface area (TPSA) is 66.1 Å². The number of amides is 1. The number of aromatic amines is 1. The Labute approximate surface area is 163 Å². The van der Waals surface area contributed by atoms with E-state index in [0.717, 1.165) is 5.56 Å². The van der Waals surface area contributed by atoms with Crippen molar-refractivity contribution in [2.45, 2.75) is 45.6 Å². The summed E-state index contributed by atoms with van der Waals surface area (Å²) in [4.78, 5) is 33.3. The minimum atomic E-state index is -0.148. The summed E-state index contributed by atoms with van der Waals surface area (Å²) in [5, 5.41) is 1.84. The van der Waals surface area contributed by atoms with Crippen LogP contribution >= 0.6 is 11.3 Å². The number of nitrogens with one attached hydrogen (secondary N) is 1. The number of carbonyl (C=O) groups excluding carboxylic acids is 1. The highest BCUT2D eigenvalue weighted by Gasteiger charge is 2.14. The van der Waals surface area contributed by atoms with Gasteiger partial charge in [-0.15, -0.1) is 11.3 Å². The standard InChI is InChI=1S/C21H25N3O2S/c1-21(2,3)15-8-5-14(6-9-15)7-10-18(25)24(4)13-17-22-16-11-12-27-19(16)20(26)23-17/h5-6,8-9,11-12H,7,10,13H2,1-4H3,(H,22,23,26). The van der Waals surface area contributed by atoms with E-state index in [9.17, 15) is 9.59 Å². The molecule has 3 aromatic rings. The van der Waals surface area contributed by atoms with Crippen LogP contribution in [-0.4, -0.2) is 27.8 Å². The maximum atomic E-state index is 12.5. The molecule has 142 valence electrons. The maximum Gasteiger partial charge on any atom is 0.268 e. The van der Waals surface area contributed by atoms with Crippen LogP contribution in [0.3, 0.4) is 0 Å². The molecule has 0 bridgehead atoms. The smallest absolute Gasteiger partial charge is 0.268 e. The van der Waals surface area contributed by atoms with Gasteiger partial charge in [0.2, 0.25) is 5.91 Å². The van der Waals surface area contributed by atoms with Crippen molar-refractivity contribution in [1.29, 1.82) is 0 Å². The predicted molar refractivity (Wildman–Crippen MR) is 110 cm³/mol. The zero-order valence-electron chi connectivity index (χ0n) is 16.2. The van der Waals surface area contributed by atoms with E-state index in [4.69, 9.17) is 0 Å². The molecule has 0 unspecified atom stereocenters. The lowest BCUT2D eigenvalue weighted by molar-refractivity contribution is -0.130. The van der Waals surface area contributed by atoms with Gasteiger partial charge in [-0.1, -0.05) is 45.0 Å². The van der Waals surface area contributed by atoms with Gasteiger partial charge in [-0.3, -0.25) is 9.59 Å². The molecule has 0 radical (unpaired) electrons. The van der Waals surface area contributed by atoms with Crippen molar-refractivity contribution < 1.29 is 4.79 Å². The van der Waals surface area contributed by atoms with Gasteiger partial charge in [0.05, 0.1) is 12.1 Å². The largest absolute Gasteiger partial charge is 0.338 e. The minimum absolute atomic E-state index is 0.0305. The molecule has 0 atom stereocenters. The average molecular weight is 384 g/mol. The van der Waals surface area contributed by atoms with Gasteiger partial charge >= 0.3 is 0 Å². The van der Waals surface area contributed by atoms with Crippen LogP contribution in [-0.2, 0) is 23.2 Å². The molecule has 27 heavy (non-hydrogen) atoms. The zero-order chi connectivity index (χ0) is 19.6. The maximum absolute atomic E-state index is 12.5. The molecule has 1 amide bonds. The van der Waals surface area contributed by atoms with Crippen LogP contribution in [0, 0.1) is 0 Å². The molecule has 2 heterocycles. The van der Waals surface area contributed by atoms with E-state index < -0.39 is 0 Å². The fourth-order valence-corrected chi connectivity index (χ4v) is 3.65. The SMILES string of the molecule is CN(Cc1nc2ccsc2c(=O)[nH]1)C(=O)CCc1ccc(C(C)(C)C)cc1. The molecule has 0 saturated carbocycles. The van der Waals surface area contributed by atoms with E-state index in [1.165, 1.54) is 16.9 Å². The van der Waals surface area contributed by atoms with Gasteiger partial charge in [-0.05, 0) is 34.4 Å². The molecule has 5 nitrogen and oxygen atoms in total. The fraction of sp³-hybridized carbons (Fsp3) is 0.381. The van der Waals surface area contributed by atoms with Crippen molar-refractivity contribution in [2.24, 2.45) is 0 Å². The van der Waals surface area contributed by atoms with Crippen LogP contribution in [0.1, 0.15) is 44.1 Å². The van der Waals surface area contributed by atoms with Crippen molar-refractivity contribution in [1.82, 2.24) is 14.9 Å². The average Bonchev–Trinajstić information content (AvgIpc) is 3.08. The summed E-state index contributed by atoms with van der Waals surface area (Å²) in [5.41, 5.74) is 3.09. The summed E-state index contributed by atoms with van der Waals surface area (Å²) in [6, 6.07) is 10.3. The van der Waals surface area contributed by atoms with Crippen LogP contribution in [0.15, 0.2) is 40.5 Å². The second-order valence-corrected chi connectivity index (χ2v) is 8.76. The van der Waals surface area contributed by atoms with Crippen LogP contribution in [0.25, 0.3) is 10.2 Å². The van der Waals surface area contributed by atoms with Gasteiger partial charge < -0.3 is 9.88 Å². The number of H-pyrrole nitrogens is 1. The van der Waals surface area contributed by atoms with Crippen LogP contribution in [0.2, 0.25) is 0 Å². The molecule has 0 aliphatic heterocycles. The Morgan fingerprint density at radius 3 is 2.56 bits per heavy atom. The fourth-order valence-electron chi connectivity index (χ4n) is 2.92. The first-order valence-electron chi connectivity index (χ1n) is 9.04. The Hall–Kier alpha value is -2.47. The third-order valence-corrected chi connectivity index (χ3v) is 5.53. The minimum Gasteiger partial charge on any atom is -0.338 e. The normalized spacial score (nSPS) is 11.7. The molecular weight excluding hydrogens is 358 g/mol. The molecule has 6 heteroatoms. The highest BCUT2D eigenvalue weighted by atomic mass is 32.1. The van der Waals surface area contributed by atoms with Crippen LogP contribution in [0.5, 0.6) is 0 Å². The molecule has 1 N–H and O–H groups in total. The summed E-state index contributed by atoms with van der Waals surface area (Å²) in [6.07, 6.45) is 1.12. The van der Waals surface area contributed by atoms with Crippen molar-refractivity contribution in [3.63, 3.8) is 0 Å². The molecule has 0 aliphatic carbocycles. The summed E-state index contributed by atoms with van der Waals surface area (Å²) < 4.78 is 0.617. The van der Waals surface area contributed by atoms with E-state index in [2.05, 4.69) is 55.0 Å². The number of fused-ring (bicyclic) bond motifs is 1. The number of benzene rings is 1. The van der Waals surface area contributed by atoms with E-state index in [0.29, 0.717) is 35.4 Å². The number of hydrogen-bond acceptors (Lipinski definition) is 4. The molecule has 0 saturated heterocycles. The second-order valence-electron chi connectivity index (χ2n) is 7.84. The Morgan fingerprint density at radius 2 is 1.89 bits per heavy atom. The molecule has 0 fully saturated rings. The molecule has 0 aliphatic rings. The predicted octanol–water partition coefficient (Wildman–Crippen LogP) is 3.87. The van der Waals surface area contributed by atoms with Gasteiger partial charge in [-0.25, -0.2) is 4.98 Å². The van der Waals surface area contributed by atoms with E-state index in [-0.39, 0.29) is 16.9 Å². The van der Waals surface area contributed by atoms with Gasteiger partial charge in [0, 0.05) is 13.5 Å². The lowest BCUT2D eigenvalue weighted by Crippen LogP contribution is -2.28. The van der Waals surface area contributed by atoms with Gasteiger partial charge in [-0.2, -0.15) is 0 Å². The summed E-state index contributed by atoms with van der Waals surface area (Å²) in [7, 11) is 1.74. The zero-order valence-corrected chi connectivity index (χ0v) is 17.0. The Balaban J connectivity index is 1.59. The summed E-state index contributed by atoms with van der Waals surface area (Å²) in [6.45, 7) is 6.85. The highest BCUT2D eigenvalue weighted by Crippen LogP contribution is 2.22. The molecule has 0 spiro atoms. The lowest BCUT2D eigenvalue weighted by Gasteiger charge is -2.19. The summed E-state index contributed by atoms with van der Waals surface area (Å²) in [5.74, 6) is 0.541. The number of hydrogen-bond donors (Lipinski definition) is 1. The highest BCUT2D eigenvalue weighted by molar-refractivity contribution is 7.17. The summed E-state index contributed by atoms with van der Waals surface area (Å²) >= 11 is 1.37. The monoisotopic (exact) mass is 383 g/mol. The quantitative estimate of drug-likeness (QED) is 0.727. The first kappa shape index (κ1) is 19.3. The van der Waals surface area contributed by atoms with Gasteiger partial charge in [0.25, 0.3) is 5.56 Å². The van der Waals surface area contributed by atoms with E-state index in [1.54, 1.807) is 11.9 Å². The van der Waals surface area contributed by atoms with Crippen molar-refractivity contribution in [3.8, 4) is 0 Å². The number of aromatic nitrogens is 2. The van der Waals surface area contributed by atoms with Crippen LogP contribution < -0.4 is 5.56 Å². The van der Waals surface area contributed by atoms with Gasteiger partial charge in [0.1, 0.15) is 10.5 Å². The lowest BCUT2D eigenvalue weighted by atomic mass is 9.86. The number of aryl methyl sites for hydroxylation is 1. The van der Waals surface area contributed by atoms with E-state index in [1.807, 2.05) is 11.4 Å². The number of rotatable bonds is 5. The van der Waals surface area contributed by atoms with Crippen molar-refractivity contribution >= 4 is 27.5 Å². The van der Waals surface area contributed by atoms with Crippen LogP contribution in [0.4, 0.5) is 0 Å². The number of carbonyl (C=O) groups is 1. The number of thiophene rings is 1. The molecule has 1 aromatic carbocycles. The molecule has 2 aromatic heterocycles. The third-order valence-electron chi connectivity index (χ3n) is 4.62. The molecule has 3 rings (SSSR count). The molecular formula is C21H25N3O2S. The third kappa shape index (κ3) is 4.63. The first-order chi connectivity index (χ1) is 12.7. The van der Waals surface area contributed by atoms with E-state index >= 15 is 0 Å². The Morgan fingerprint density at radius 1 is 1.19 bits per heavy atom. The Kier molecular flexibility index (Phi) is 5.46. The van der Waals surface area contributed by atoms with Crippen molar-refractivity contribution in [2.75, 3.05) is 7.05 Å². The Bertz CT molecular complexity index is 997. The number of nitrogens with zero attached hydrogens (tertiary/aromatic N) is 2. The second kappa shape index (κ2) is 7.64. The van der Waals surface area contributed by atoms with Gasteiger partial charge in [0.15, 0.2) is 0 Å².